The first-order valence-electron chi connectivity index (χ1n) is 3.23. The summed E-state index contributed by atoms with van der Waals surface area (Å²) in [7, 11) is 9.52. The fourth-order valence-electron chi connectivity index (χ4n) is 0.772. The summed E-state index contributed by atoms with van der Waals surface area (Å²) in [5.74, 6) is 0. The van der Waals surface area contributed by atoms with E-state index in [1.54, 1.807) is 0 Å². The van der Waals surface area contributed by atoms with Crippen molar-refractivity contribution in [3.05, 3.63) is 24.3 Å². The molecule has 0 fully saturated rings. The molecule has 3 radical (unpaired) electrons. The minimum atomic E-state index is 0.811. The molecule has 0 saturated heterocycles. The van der Waals surface area contributed by atoms with Crippen molar-refractivity contribution in [2.24, 2.45) is 0 Å². The van der Waals surface area contributed by atoms with Crippen LogP contribution in [0.3, 0.4) is 0 Å². The van der Waals surface area contributed by atoms with Gasteiger partial charge in [-0.25, -0.2) is 0 Å². The van der Waals surface area contributed by atoms with E-state index in [-0.39, 0.29) is 0 Å². The Morgan fingerprint density at radius 2 is 1.60 bits per heavy atom. The second kappa shape index (κ2) is 2.78. The molecule has 0 heterocycles. The Kier molecular flexibility index (Phi) is 2.00. The van der Waals surface area contributed by atoms with Gasteiger partial charge in [0.2, 0.25) is 0 Å². The molecule has 0 N–H and O–H groups in total. The molecular formula is C8H10BN-. The Bertz CT molecular complexity index is 203. The summed E-state index contributed by atoms with van der Waals surface area (Å²) in [5, 5.41) is 0. The normalized spacial score (nSPS) is 9.50. The van der Waals surface area contributed by atoms with E-state index in [9.17, 15) is 0 Å². The average Bonchev–Trinajstić information content (AvgIpc) is 1.88. The van der Waals surface area contributed by atoms with E-state index in [2.05, 4.69) is 0 Å². The first-order chi connectivity index (χ1) is 4.70. The molecule has 0 aliphatic carbocycles. The van der Waals surface area contributed by atoms with Crippen LogP contribution in [-0.2, 0) is 0 Å². The molecule has 0 aliphatic rings. The Morgan fingerprint density at radius 1 is 1.10 bits per heavy atom. The number of rotatable bonds is 1. The summed E-state index contributed by atoms with van der Waals surface area (Å²) in [6.07, 6.45) is 0. The highest BCUT2D eigenvalue weighted by Gasteiger charge is 1.87. The van der Waals surface area contributed by atoms with Crippen molar-refractivity contribution in [2.45, 2.75) is 0 Å². The number of hydrogen-bond acceptors (Lipinski definition) is 1. The quantitative estimate of drug-likeness (QED) is 0.503. The van der Waals surface area contributed by atoms with Gasteiger partial charge in [0, 0.05) is 19.8 Å². The Labute approximate surface area is 63.1 Å². The van der Waals surface area contributed by atoms with Crippen LogP contribution in [0.4, 0.5) is 5.69 Å². The third-order valence-electron chi connectivity index (χ3n) is 1.41. The van der Waals surface area contributed by atoms with Crippen molar-refractivity contribution in [3.63, 3.8) is 0 Å². The Hall–Kier alpha value is -0.915. The third-order valence-corrected chi connectivity index (χ3v) is 1.41. The van der Waals surface area contributed by atoms with Crippen molar-refractivity contribution in [2.75, 3.05) is 19.0 Å². The van der Waals surface area contributed by atoms with Gasteiger partial charge in [0.1, 0.15) is 0 Å². The molecule has 51 valence electrons. The zero-order valence-corrected chi connectivity index (χ0v) is 6.33. The largest absolute Gasteiger partial charge is 0.580 e. The molecule has 0 atom stereocenters. The van der Waals surface area contributed by atoms with E-state index < -0.39 is 0 Å². The van der Waals surface area contributed by atoms with Gasteiger partial charge in [-0.1, -0.05) is 0 Å². The van der Waals surface area contributed by atoms with E-state index in [0.29, 0.717) is 0 Å². The number of nitrogens with zero attached hydrogens (tertiary/aromatic N) is 1. The lowest BCUT2D eigenvalue weighted by Crippen LogP contribution is -2.10. The SMILES string of the molecule is [B-]c1ccc(N(C)C)cc1. The van der Waals surface area contributed by atoms with Crippen molar-refractivity contribution < 1.29 is 0 Å². The van der Waals surface area contributed by atoms with Gasteiger partial charge in [0.25, 0.3) is 0 Å². The van der Waals surface area contributed by atoms with Gasteiger partial charge in [-0.2, -0.15) is 0 Å². The lowest BCUT2D eigenvalue weighted by atomic mass is 9.96. The standard InChI is InChI=1S/C8H10BN/c1-10(2)8-5-3-7(9)4-6-8/h3-6H,1-2H3/q-1. The second-order valence-electron chi connectivity index (χ2n) is 2.49. The van der Waals surface area contributed by atoms with Crippen LogP contribution in [0.2, 0.25) is 0 Å². The first kappa shape index (κ1) is 7.20. The van der Waals surface area contributed by atoms with Crippen LogP contribution in [0.5, 0.6) is 0 Å². The molecule has 1 nitrogen and oxygen atoms in total. The maximum atomic E-state index is 5.51. The minimum absolute atomic E-state index is 0.811. The fraction of sp³-hybridized carbons (Fsp3) is 0.250. The minimum Gasteiger partial charge on any atom is -0.580 e. The molecule has 0 amide bonds. The molecule has 0 spiro atoms. The number of anilines is 1. The zero-order valence-electron chi connectivity index (χ0n) is 6.33. The van der Waals surface area contributed by atoms with Crippen LogP contribution >= 0.6 is 0 Å². The molecule has 0 unspecified atom stereocenters. The molecule has 1 aromatic carbocycles. The Balaban J connectivity index is 2.89. The van der Waals surface area contributed by atoms with E-state index in [1.807, 2.05) is 43.3 Å². The third kappa shape index (κ3) is 1.53. The predicted molar refractivity (Wildman–Crippen MR) is 46.2 cm³/mol. The molecular weight excluding hydrogens is 121 g/mol. The molecule has 10 heavy (non-hydrogen) atoms. The summed E-state index contributed by atoms with van der Waals surface area (Å²) in [4.78, 5) is 2.04. The van der Waals surface area contributed by atoms with E-state index in [1.165, 1.54) is 5.69 Å². The van der Waals surface area contributed by atoms with Crippen molar-refractivity contribution in [1.29, 1.82) is 0 Å². The molecule has 2 heteroatoms. The van der Waals surface area contributed by atoms with Crippen LogP contribution in [0.25, 0.3) is 0 Å². The van der Waals surface area contributed by atoms with Crippen molar-refractivity contribution >= 4 is 19.0 Å². The molecule has 1 rings (SSSR count). The molecule has 0 aromatic heterocycles. The lowest BCUT2D eigenvalue weighted by molar-refractivity contribution is 1.13. The second-order valence-corrected chi connectivity index (χ2v) is 2.49. The first-order valence-corrected chi connectivity index (χ1v) is 3.23. The van der Waals surface area contributed by atoms with Crippen molar-refractivity contribution in [1.82, 2.24) is 0 Å². The molecule has 0 aliphatic heterocycles. The summed E-state index contributed by atoms with van der Waals surface area (Å²) in [5.41, 5.74) is 1.99. The van der Waals surface area contributed by atoms with Gasteiger partial charge >= 0.3 is 0 Å². The van der Waals surface area contributed by atoms with Crippen LogP contribution in [0, 0.1) is 0 Å². The maximum Gasteiger partial charge on any atom is 0.0358 e. The molecule has 1 aromatic rings. The monoisotopic (exact) mass is 131 g/mol. The maximum absolute atomic E-state index is 5.51. The van der Waals surface area contributed by atoms with Crippen molar-refractivity contribution in [3.8, 4) is 0 Å². The summed E-state index contributed by atoms with van der Waals surface area (Å²) in [6, 6.07) is 7.79. The highest BCUT2D eigenvalue weighted by molar-refractivity contribution is 6.32. The molecule has 0 saturated carbocycles. The smallest absolute Gasteiger partial charge is 0.0358 e. The highest BCUT2D eigenvalue weighted by atomic mass is 15.1. The van der Waals surface area contributed by atoms with Gasteiger partial charge in [-0.05, 0) is 12.1 Å². The summed E-state index contributed by atoms with van der Waals surface area (Å²) in [6.45, 7) is 0. The van der Waals surface area contributed by atoms with Crippen LogP contribution in [0.15, 0.2) is 24.3 Å². The summed E-state index contributed by atoms with van der Waals surface area (Å²) >= 11 is 0. The number of benzene rings is 1. The van der Waals surface area contributed by atoms with Crippen LogP contribution < -0.4 is 10.4 Å². The van der Waals surface area contributed by atoms with E-state index in [0.717, 1.165) is 5.46 Å². The summed E-state index contributed by atoms with van der Waals surface area (Å²) < 4.78 is 0. The van der Waals surface area contributed by atoms with E-state index in [4.69, 9.17) is 7.85 Å². The molecule has 0 bridgehead atoms. The van der Waals surface area contributed by atoms with Gasteiger partial charge in [0.05, 0.1) is 0 Å². The predicted octanol–water partition coefficient (Wildman–Crippen LogP) is 0.546. The van der Waals surface area contributed by atoms with Gasteiger partial charge in [-0.15, -0.1) is 12.1 Å². The lowest BCUT2D eigenvalue weighted by Gasteiger charge is -2.14. The van der Waals surface area contributed by atoms with Gasteiger partial charge in [0.15, 0.2) is 0 Å². The Morgan fingerprint density at radius 3 is 2.00 bits per heavy atom. The zero-order chi connectivity index (χ0) is 7.56. The van der Waals surface area contributed by atoms with Crippen LogP contribution in [0.1, 0.15) is 0 Å². The number of hydrogen-bond donors (Lipinski definition) is 0. The topological polar surface area (TPSA) is 3.24 Å². The average molecular weight is 131 g/mol. The van der Waals surface area contributed by atoms with E-state index >= 15 is 0 Å². The fourth-order valence-corrected chi connectivity index (χ4v) is 0.772. The highest BCUT2D eigenvalue weighted by Crippen LogP contribution is 2.06. The van der Waals surface area contributed by atoms with Crippen LogP contribution in [-0.4, -0.2) is 21.9 Å². The van der Waals surface area contributed by atoms with Gasteiger partial charge in [-0.3, -0.25) is 0 Å². The van der Waals surface area contributed by atoms with Gasteiger partial charge < -0.3 is 18.2 Å².